The highest BCUT2D eigenvalue weighted by Gasteiger charge is 2.23. The first-order valence-corrected chi connectivity index (χ1v) is 7.15. The fourth-order valence-corrected chi connectivity index (χ4v) is 3.40. The van der Waals surface area contributed by atoms with E-state index >= 15 is 0 Å². The largest absolute Gasteiger partial charge is 0.381 e. The second-order valence-corrected chi connectivity index (χ2v) is 6.42. The van der Waals surface area contributed by atoms with Crippen molar-refractivity contribution in [2.24, 2.45) is 0 Å². The molecular weight excluding hydrogens is 270 g/mol. The van der Waals surface area contributed by atoms with Crippen molar-refractivity contribution < 1.29 is 0 Å². The Morgan fingerprint density at radius 3 is 2.87 bits per heavy atom. The van der Waals surface area contributed by atoms with Crippen LogP contribution in [0.2, 0.25) is 0 Å². The summed E-state index contributed by atoms with van der Waals surface area (Å²) in [5.41, 5.74) is 2.52. The number of hydrogen-bond acceptors (Lipinski definition) is 2. The summed E-state index contributed by atoms with van der Waals surface area (Å²) in [7, 11) is 0. The van der Waals surface area contributed by atoms with Crippen LogP contribution in [0.15, 0.2) is 22.7 Å². The third kappa shape index (κ3) is 2.70. The molecule has 0 spiro atoms. The molecule has 1 aromatic carbocycles. The van der Waals surface area contributed by atoms with E-state index in [9.17, 15) is 0 Å². The van der Waals surface area contributed by atoms with Gasteiger partial charge in [-0.05, 0) is 36.8 Å². The molecule has 0 aromatic heterocycles. The Bertz CT molecular complexity index is 353. The van der Waals surface area contributed by atoms with Gasteiger partial charge in [0.05, 0.1) is 0 Å². The molecule has 0 bridgehead atoms. The van der Waals surface area contributed by atoms with E-state index in [0.717, 1.165) is 5.25 Å². The monoisotopic (exact) mass is 285 g/mol. The van der Waals surface area contributed by atoms with Gasteiger partial charge in [0.1, 0.15) is 0 Å². The number of halogens is 1. The minimum Gasteiger partial charge on any atom is -0.381 e. The molecule has 3 heteroatoms. The maximum absolute atomic E-state index is 3.61. The van der Waals surface area contributed by atoms with E-state index in [2.05, 4.69) is 65.1 Å². The summed E-state index contributed by atoms with van der Waals surface area (Å²) >= 11 is 5.62. The van der Waals surface area contributed by atoms with Crippen molar-refractivity contribution in [1.29, 1.82) is 0 Å². The molecule has 15 heavy (non-hydrogen) atoms. The van der Waals surface area contributed by atoms with E-state index in [1.165, 1.54) is 27.9 Å². The Balaban J connectivity index is 2.07. The molecule has 0 aliphatic carbocycles. The van der Waals surface area contributed by atoms with Crippen molar-refractivity contribution in [3.8, 4) is 0 Å². The zero-order valence-electron chi connectivity index (χ0n) is 9.09. The number of anilines is 1. The Morgan fingerprint density at radius 2 is 2.27 bits per heavy atom. The maximum Gasteiger partial charge on any atom is 0.0385 e. The van der Waals surface area contributed by atoms with Gasteiger partial charge in [0.15, 0.2) is 0 Å². The summed E-state index contributed by atoms with van der Waals surface area (Å²) in [5.74, 6) is 1.28. The van der Waals surface area contributed by atoms with Gasteiger partial charge in [-0.2, -0.15) is 11.8 Å². The van der Waals surface area contributed by atoms with Crippen LogP contribution in [0.3, 0.4) is 0 Å². The lowest BCUT2D eigenvalue weighted by molar-refractivity contribution is 0.724. The first-order valence-electron chi connectivity index (χ1n) is 5.31. The number of thioether (sulfide) groups is 1. The Labute approximate surface area is 104 Å². The second kappa shape index (κ2) is 4.79. The highest BCUT2D eigenvalue weighted by molar-refractivity contribution is 9.10. The number of nitrogens with one attached hydrogen (secondary N) is 1. The van der Waals surface area contributed by atoms with Crippen molar-refractivity contribution in [2.45, 2.75) is 31.6 Å². The minimum absolute atomic E-state index is 0.629. The van der Waals surface area contributed by atoms with E-state index in [0.29, 0.717) is 6.04 Å². The fraction of sp³-hybridized carbons (Fsp3) is 0.500. The normalized spacial score (nSPS) is 25.5. The van der Waals surface area contributed by atoms with Crippen molar-refractivity contribution in [2.75, 3.05) is 11.1 Å². The van der Waals surface area contributed by atoms with Gasteiger partial charge in [-0.1, -0.05) is 28.9 Å². The standard InChI is InChI=1S/C12H16BrNS/c1-8-3-4-10(7-11(8)13)14-12-5-6-15-9(12)2/h3-4,7,9,12,14H,5-6H2,1-2H3. The van der Waals surface area contributed by atoms with E-state index in [1.54, 1.807) is 0 Å². The predicted octanol–water partition coefficient (Wildman–Crippen LogP) is 4.06. The topological polar surface area (TPSA) is 12.0 Å². The molecule has 1 saturated heterocycles. The Morgan fingerprint density at radius 1 is 1.47 bits per heavy atom. The average Bonchev–Trinajstić information content (AvgIpc) is 2.59. The first-order chi connectivity index (χ1) is 7.16. The van der Waals surface area contributed by atoms with Crippen molar-refractivity contribution in [3.63, 3.8) is 0 Å². The van der Waals surface area contributed by atoms with Crippen LogP contribution >= 0.6 is 27.7 Å². The van der Waals surface area contributed by atoms with Gasteiger partial charge >= 0.3 is 0 Å². The van der Waals surface area contributed by atoms with Crippen LogP contribution in [0.1, 0.15) is 18.9 Å². The van der Waals surface area contributed by atoms with Crippen LogP contribution in [0.25, 0.3) is 0 Å². The molecule has 1 aromatic rings. The molecule has 1 aliphatic rings. The van der Waals surface area contributed by atoms with Crippen LogP contribution in [-0.2, 0) is 0 Å². The summed E-state index contributed by atoms with van der Waals surface area (Å²) in [6.45, 7) is 4.42. The van der Waals surface area contributed by atoms with Crippen molar-refractivity contribution in [1.82, 2.24) is 0 Å². The summed E-state index contributed by atoms with van der Waals surface area (Å²) in [6, 6.07) is 7.12. The Kier molecular flexibility index (Phi) is 3.62. The molecule has 2 rings (SSSR count). The second-order valence-electron chi connectivity index (χ2n) is 4.08. The molecule has 2 atom stereocenters. The molecule has 1 nitrogen and oxygen atoms in total. The summed E-state index contributed by atoms with van der Waals surface area (Å²) in [4.78, 5) is 0. The first kappa shape index (κ1) is 11.3. The van der Waals surface area contributed by atoms with Gasteiger partial charge in [-0.15, -0.1) is 0 Å². The average molecular weight is 286 g/mol. The minimum atomic E-state index is 0.629. The number of aryl methyl sites for hydroxylation is 1. The van der Waals surface area contributed by atoms with Crippen molar-refractivity contribution >= 4 is 33.4 Å². The SMILES string of the molecule is Cc1ccc(NC2CCSC2C)cc1Br. The summed E-state index contributed by atoms with van der Waals surface area (Å²) in [6.07, 6.45) is 1.28. The Hall–Kier alpha value is -0.150. The van der Waals surface area contributed by atoms with Gasteiger partial charge in [0, 0.05) is 21.5 Å². The third-order valence-corrected chi connectivity index (χ3v) is 5.08. The van der Waals surface area contributed by atoms with E-state index in [-0.39, 0.29) is 0 Å². The van der Waals surface area contributed by atoms with Crippen LogP contribution in [-0.4, -0.2) is 17.0 Å². The van der Waals surface area contributed by atoms with Gasteiger partial charge < -0.3 is 5.32 Å². The molecule has 1 heterocycles. The van der Waals surface area contributed by atoms with Gasteiger partial charge in [-0.3, -0.25) is 0 Å². The summed E-state index contributed by atoms with van der Waals surface area (Å²) in [5, 5.41) is 4.33. The quantitative estimate of drug-likeness (QED) is 0.879. The molecule has 1 fully saturated rings. The molecule has 1 N–H and O–H groups in total. The lowest BCUT2D eigenvalue weighted by atomic mass is 10.1. The highest BCUT2D eigenvalue weighted by Crippen LogP contribution is 2.30. The zero-order chi connectivity index (χ0) is 10.8. The number of benzene rings is 1. The van der Waals surface area contributed by atoms with Gasteiger partial charge in [0.2, 0.25) is 0 Å². The highest BCUT2D eigenvalue weighted by atomic mass is 79.9. The number of hydrogen-bond donors (Lipinski definition) is 1. The molecule has 0 saturated carbocycles. The lowest BCUT2D eigenvalue weighted by Crippen LogP contribution is -2.24. The fourth-order valence-electron chi connectivity index (χ4n) is 1.82. The summed E-state index contributed by atoms with van der Waals surface area (Å²) < 4.78 is 1.19. The van der Waals surface area contributed by atoms with Gasteiger partial charge in [-0.25, -0.2) is 0 Å². The third-order valence-electron chi connectivity index (χ3n) is 2.90. The molecule has 82 valence electrons. The predicted molar refractivity (Wildman–Crippen MR) is 72.8 cm³/mol. The molecule has 0 radical (unpaired) electrons. The molecule has 1 aliphatic heterocycles. The smallest absolute Gasteiger partial charge is 0.0385 e. The number of rotatable bonds is 2. The maximum atomic E-state index is 3.61. The molecule has 2 unspecified atom stereocenters. The van der Waals surface area contributed by atoms with E-state index in [1.807, 2.05) is 0 Å². The zero-order valence-corrected chi connectivity index (χ0v) is 11.5. The lowest BCUT2D eigenvalue weighted by Gasteiger charge is -2.18. The molecule has 0 amide bonds. The van der Waals surface area contributed by atoms with E-state index < -0.39 is 0 Å². The molecular formula is C12H16BrNS. The van der Waals surface area contributed by atoms with Crippen molar-refractivity contribution in [3.05, 3.63) is 28.2 Å². The van der Waals surface area contributed by atoms with Gasteiger partial charge in [0.25, 0.3) is 0 Å². The van der Waals surface area contributed by atoms with E-state index in [4.69, 9.17) is 0 Å². The van der Waals surface area contributed by atoms with Crippen LogP contribution in [0.5, 0.6) is 0 Å². The van der Waals surface area contributed by atoms with Crippen LogP contribution in [0, 0.1) is 6.92 Å². The van der Waals surface area contributed by atoms with Crippen LogP contribution in [0.4, 0.5) is 5.69 Å². The van der Waals surface area contributed by atoms with Crippen LogP contribution < -0.4 is 5.32 Å².